The first-order valence-electron chi connectivity index (χ1n) is 9.59. The van der Waals surface area contributed by atoms with Gasteiger partial charge >= 0.3 is 0 Å². The van der Waals surface area contributed by atoms with Crippen molar-refractivity contribution in [2.24, 2.45) is 22.6 Å². The highest BCUT2D eigenvalue weighted by atomic mass is 32.2. The molecule has 0 saturated carbocycles. The fraction of sp³-hybridized carbons (Fsp3) is 0.273. The number of carbonyl (C=O) groups excluding carboxylic acids is 2. The van der Waals surface area contributed by atoms with E-state index in [0.29, 0.717) is 23.1 Å². The maximum Gasteiger partial charge on any atom is 0.234 e. The molecule has 31 heavy (non-hydrogen) atoms. The number of nitrogens with one attached hydrogen (secondary N) is 1. The van der Waals surface area contributed by atoms with Crippen molar-refractivity contribution in [2.75, 3.05) is 17.7 Å². The van der Waals surface area contributed by atoms with Crippen molar-refractivity contribution in [3.8, 4) is 11.8 Å². The van der Waals surface area contributed by atoms with E-state index in [9.17, 15) is 14.9 Å². The van der Waals surface area contributed by atoms with E-state index in [0.717, 1.165) is 17.5 Å². The van der Waals surface area contributed by atoms with E-state index in [1.54, 1.807) is 36.4 Å². The zero-order valence-corrected chi connectivity index (χ0v) is 17.7. The number of amides is 2. The Kier molecular flexibility index (Phi) is 7.15. The lowest BCUT2D eigenvalue weighted by atomic mass is 9.77. The van der Waals surface area contributed by atoms with Gasteiger partial charge in [0.15, 0.2) is 0 Å². The van der Waals surface area contributed by atoms with Gasteiger partial charge in [0.05, 0.1) is 41.6 Å². The average molecular weight is 439 g/mol. The van der Waals surface area contributed by atoms with Crippen LogP contribution in [0.4, 0.5) is 5.69 Å². The Bertz CT molecular complexity index is 1020. The molecule has 3 rings (SSSR count). The van der Waals surface area contributed by atoms with E-state index in [-0.39, 0.29) is 17.4 Å². The molecule has 2 aromatic rings. The highest BCUT2D eigenvalue weighted by Gasteiger charge is 2.44. The molecule has 160 valence electrons. The molecular weight excluding hydrogens is 416 g/mol. The topological polar surface area (TPSA) is 131 Å². The third-order valence-electron chi connectivity index (χ3n) is 4.71. The van der Waals surface area contributed by atoms with Gasteiger partial charge in [-0.15, -0.1) is 0 Å². The van der Waals surface area contributed by atoms with Gasteiger partial charge in [-0.05, 0) is 43.3 Å². The third-order valence-corrected chi connectivity index (χ3v) is 5.76. The number of carbonyl (C=O) groups is 2. The van der Waals surface area contributed by atoms with Crippen LogP contribution in [0.2, 0.25) is 0 Å². The Balaban J connectivity index is 1.72. The average Bonchev–Trinajstić information content (AvgIpc) is 3.27. The normalized spacial score (nSPS) is 20.5. The Morgan fingerprint density at radius 3 is 2.68 bits per heavy atom. The van der Waals surface area contributed by atoms with Gasteiger partial charge in [-0.25, -0.2) is 4.99 Å². The highest BCUT2D eigenvalue weighted by molar-refractivity contribution is 8.14. The summed E-state index contributed by atoms with van der Waals surface area (Å²) in [6, 6.07) is 12.6. The molecule has 1 aliphatic rings. The van der Waals surface area contributed by atoms with Crippen LogP contribution in [0.1, 0.15) is 18.6 Å². The van der Waals surface area contributed by atoms with E-state index in [4.69, 9.17) is 14.9 Å². The Labute approximate surface area is 184 Å². The fourth-order valence-electron chi connectivity index (χ4n) is 3.38. The van der Waals surface area contributed by atoms with Crippen molar-refractivity contribution in [2.45, 2.75) is 12.8 Å². The highest BCUT2D eigenvalue weighted by Crippen LogP contribution is 2.43. The first-order valence-corrected chi connectivity index (χ1v) is 10.6. The molecular formula is C22H22N4O4S. The summed E-state index contributed by atoms with van der Waals surface area (Å²) in [6.07, 6.45) is 1.47. The summed E-state index contributed by atoms with van der Waals surface area (Å²) in [5, 5.41) is 13.0. The summed E-state index contributed by atoms with van der Waals surface area (Å²) in [7, 11) is 0. The van der Waals surface area contributed by atoms with E-state index in [2.05, 4.69) is 23.0 Å². The van der Waals surface area contributed by atoms with Crippen molar-refractivity contribution in [1.29, 1.82) is 5.26 Å². The maximum atomic E-state index is 12.4. The van der Waals surface area contributed by atoms with E-state index < -0.39 is 23.7 Å². The number of furan rings is 1. The number of ether oxygens (including phenoxy) is 1. The largest absolute Gasteiger partial charge is 0.494 e. The van der Waals surface area contributed by atoms with Crippen molar-refractivity contribution in [3.63, 3.8) is 0 Å². The van der Waals surface area contributed by atoms with Crippen LogP contribution in [-0.4, -0.2) is 29.2 Å². The third kappa shape index (κ3) is 5.16. The van der Waals surface area contributed by atoms with Crippen LogP contribution in [0.5, 0.6) is 5.75 Å². The summed E-state index contributed by atoms with van der Waals surface area (Å²) >= 11 is 1.12. The second-order valence-corrected chi connectivity index (χ2v) is 7.76. The molecule has 0 bridgehead atoms. The minimum atomic E-state index is -0.863. The van der Waals surface area contributed by atoms with Crippen LogP contribution in [0.25, 0.3) is 0 Å². The lowest BCUT2D eigenvalue weighted by molar-refractivity contribution is -0.121. The fourth-order valence-corrected chi connectivity index (χ4v) is 4.29. The van der Waals surface area contributed by atoms with Crippen LogP contribution < -0.4 is 15.8 Å². The van der Waals surface area contributed by atoms with Crippen molar-refractivity contribution in [1.82, 2.24) is 0 Å². The lowest BCUT2D eigenvalue weighted by Gasteiger charge is -2.32. The monoisotopic (exact) mass is 438 g/mol. The summed E-state index contributed by atoms with van der Waals surface area (Å²) in [4.78, 5) is 28.8. The molecule has 0 saturated heterocycles. The molecule has 2 amide bonds. The Hall–Kier alpha value is -3.51. The number of rotatable bonds is 7. The zero-order valence-electron chi connectivity index (χ0n) is 16.9. The Morgan fingerprint density at radius 2 is 2.10 bits per heavy atom. The summed E-state index contributed by atoms with van der Waals surface area (Å²) in [5.41, 5.74) is 6.43. The van der Waals surface area contributed by atoms with Gasteiger partial charge in [0.2, 0.25) is 11.8 Å². The van der Waals surface area contributed by atoms with Crippen LogP contribution in [0, 0.1) is 23.2 Å². The van der Waals surface area contributed by atoms with E-state index in [1.807, 2.05) is 6.92 Å². The molecule has 3 unspecified atom stereocenters. The van der Waals surface area contributed by atoms with Crippen molar-refractivity contribution < 1.29 is 18.7 Å². The zero-order chi connectivity index (χ0) is 22.4. The molecule has 1 aromatic heterocycles. The summed E-state index contributed by atoms with van der Waals surface area (Å²) in [6.45, 7) is 6.30. The van der Waals surface area contributed by atoms with Gasteiger partial charge in [-0.2, -0.15) is 5.26 Å². The van der Waals surface area contributed by atoms with Crippen LogP contribution in [0.15, 0.2) is 64.3 Å². The van der Waals surface area contributed by atoms with Crippen LogP contribution in [0.3, 0.4) is 0 Å². The van der Waals surface area contributed by atoms with E-state index in [1.165, 1.54) is 6.26 Å². The van der Waals surface area contributed by atoms with Gasteiger partial charge < -0.3 is 20.2 Å². The molecule has 0 spiro atoms. The van der Waals surface area contributed by atoms with Gasteiger partial charge in [0.25, 0.3) is 0 Å². The van der Waals surface area contributed by atoms with Crippen LogP contribution in [-0.2, 0) is 9.59 Å². The molecule has 9 heteroatoms. The quantitative estimate of drug-likeness (QED) is 0.682. The molecule has 1 aromatic carbocycles. The van der Waals surface area contributed by atoms with Gasteiger partial charge in [0.1, 0.15) is 17.4 Å². The van der Waals surface area contributed by atoms with Crippen LogP contribution >= 0.6 is 11.8 Å². The number of anilines is 1. The maximum absolute atomic E-state index is 12.4. The summed E-state index contributed by atoms with van der Waals surface area (Å²) < 4.78 is 10.8. The molecule has 0 fully saturated rings. The van der Waals surface area contributed by atoms with Crippen molar-refractivity contribution >= 4 is 34.3 Å². The summed E-state index contributed by atoms with van der Waals surface area (Å²) in [5.74, 6) is -2.00. The number of hydrogen-bond acceptors (Lipinski definition) is 7. The molecule has 3 N–H and O–H groups in total. The number of benzene rings is 1. The molecule has 1 aliphatic heterocycles. The number of nitriles is 1. The first kappa shape index (κ1) is 22.2. The van der Waals surface area contributed by atoms with Crippen molar-refractivity contribution in [3.05, 3.63) is 60.7 Å². The number of nitrogens with two attached hydrogens (primary N) is 1. The predicted molar refractivity (Wildman–Crippen MR) is 119 cm³/mol. The van der Waals surface area contributed by atoms with Gasteiger partial charge in [0, 0.05) is 11.4 Å². The second-order valence-electron chi connectivity index (χ2n) is 6.76. The van der Waals surface area contributed by atoms with Gasteiger partial charge in [-0.3, -0.25) is 9.59 Å². The number of nitrogens with zero attached hydrogens (tertiary/aromatic N) is 2. The second kappa shape index (κ2) is 10.00. The van der Waals surface area contributed by atoms with Gasteiger partial charge in [-0.1, -0.05) is 18.3 Å². The predicted octanol–water partition coefficient (Wildman–Crippen LogP) is 3.30. The Morgan fingerprint density at radius 1 is 1.35 bits per heavy atom. The SMILES string of the molecule is C=C1N=C(SCC(=O)Nc2ccc(OCC)cc2)C(C#N)C(c2ccco2)C1C(N)=O. The molecule has 0 radical (unpaired) electrons. The molecule has 3 atom stereocenters. The number of aliphatic imine (C=N–C) groups is 1. The molecule has 2 heterocycles. The molecule has 8 nitrogen and oxygen atoms in total. The minimum absolute atomic E-state index is 0.0314. The lowest BCUT2D eigenvalue weighted by Crippen LogP contribution is -2.38. The smallest absolute Gasteiger partial charge is 0.234 e. The standard InChI is InChI=1S/C22H22N4O4S/c1-3-29-15-8-6-14(7-9-15)26-18(27)12-31-22-16(11-23)20(17-5-4-10-30-17)19(21(24)28)13(2)25-22/h4-10,16,19-20H,2-3,12H2,1H3,(H2,24,28)(H,26,27). The molecule has 0 aliphatic carbocycles. The number of hydrogen-bond donors (Lipinski definition) is 2. The number of primary amides is 1. The first-order chi connectivity index (χ1) is 14.9. The minimum Gasteiger partial charge on any atom is -0.494 e. The van der Waals surface area contributed by atoms with E-state index >= 15 is 0 Å². The number of thioether (sulfide) groups is 1.